The lowest BCUT2D eigenvalue weighted by Gasteiger charge is -2.27. The molecular formula is C18H26N2O4. The molecule has 3 N–H and O–H groups in total. The number of fused-ring (bicyclic) bond motifs is 1. The first kappa shape index (κ1) is 18.3. The number of nitrogens with one attached hydrogen (secondary N) is 1. The summed E-state index contributed by atoms with van der Waals surface area (Å²) < 4.78 is 5.75. The van der Waals surface area contributed by atoms with Crippen LogP contribution in [0.25, 0.3) is 11.1 Å². The van der Waals surface area contributed by atoms with Crippen LogP contribution in [0.15, 0.2) is 22.6 Å². The van der Waals surface area contributed by atoms with Crippen molar-refractivity contribution >= 4 is 17.2 Å². The summed E-state index contributed by atoms with van der Waals surface area (Å²) in [7, 11) is 0. The van der Waals surface area contributed by atoms with Crippen LogP contribution >= 0.6 is 0 Å². The van der Waals surface area contributed by atoms with Gasteiger partial charge in [0.15, 0.2) is 11.5 Å². The Balaban J connectivity index is 2.03. The average Bonchev–Trinajstić information content (AvgIpc) is 2.94. The molecule has 0 fully saturated rings. The van der Waals surface area contributed by atoms with Gasteiger partial charge >= 0.3 is 6.09 Å². The standard InChI is InChI=1S/C18H26N2O4/c1-3-4-5-6-16-19-14-11-13(7-8-15(14)24-16)9-10-18(2,12-21)20-17(22)23/h7-8,11,20-21H,3-6,9-10,12H2,1-2H3,(H,22,23). The lowest BCUT2D eigenvalue weighted by molar-refractivity contribution is 0.141. The monoisotopic (exact) mass is 334 g/mol. The van der Waals surface area contributed by atoms with Gasteiger partial charge in [0.2, 0.25) is 0 Å². The van der Waals surface area contributed by atoms with E-state index in [-0.39, 0.29) is 6.61 Å². The van der Waals surface area contributed by atoms with Crippen molar-refractivity contribution in [1.82, 2.24) is 10.3 Å². The van der Waals surface area contributed by atoms with Crippen LogP contribution in [0, 0.1) is 0 Å². The van der Waals surface area contributed by atoms with E-state index in [0.29, 0.717) is 12.8 Å². The number of unbranched alkanes of at least 4 members (excludes halogenated alkanes) is 2. The second kappa shape index (κ2) is 8.15. The minimum atomic E-state index is -1.13. The molecule has 2 rings (SSSR count). The second-order valence-corrected chi connectivity index (χ2v) is 6.52. The summed E-state index contributed by atoms with van der Waals surface area (Å²) in [6, 6.07) is 5.84. The smallest absolute Gasteiger partial charge is 0.405 e. The third-order valence-electron chi connectivity index (χ3n) is 4.21. The molecule has 6 nitrogen and oxygen atoms in total. The Morgan fingerprint density at radius 3 is 2.79 bits per heavy atom. The molecule has 0 saturated carbocycles. The summed E-state index contributed by atoms with van der Waals surface area (Å²) in [5.74, 6) is 0.767. The number of carboxylic acid groups (broad SMARTS) is 1. The maximum atomic E-state index is 10.8. The molecule has 0 radical (unpaired) electrons. The number of amides is 1. The minimum Gasteiger partial charge on any atom is -0.465 e. The quantitative estimate of drug-likeness (QED) is 0.610. The molecule has 1 aromatic heterocycles. The van der Waals surface area contributed by atoms with E-state index in [2.05, 4.69) is 17.2 Å². The number of aliphatic hydroxyl groups is 1. The summed E-state index contributed by atoms with van der Waals surface area (Å²) in [6.07, 6.45) is 4.27. The van der Waals surface area contributed by atoms with Crippen LogP contribution < -0.4 is 5.32 Å². The number of hydrogen-bond acceptors (Lipinski definition) is 4. The van der Waals surface area contributed by atoms with E-state index < -0.39 is 11.6 Å². The first-order valence-corrected chi connectivity index (χ1v) is 8.46. The van der Waals surface area contributed by atoms with Crippen molar-refractivity contribution in [2.24, 2.45) is 0 Å². The van der Waals surface area contributed by atoms with Gasteiger partial charge in [-0.15, -0.1) is 0 Å². The zero-order valence-corrected chi connectivity index (χ0v) is 14.3. The Hall–Kier alpha value is -2.08. The number of carbonyl (C=O) groups is 1. The number of aliphatic hydroxyl groups excluding tert-OH is 1. The van der Waals surface area contributed by atoms with Crippen molar-refractivity contribution in [2.45, 2.75) is 57.9 Å². The summed E-state index contributed by atoms with van der Waals surface area (Å²) in [4.78, 5) is 15.4. The van der Waals surface area contributed by atoms with E-state index in [1.54, 1.807) is 6.92 Å². The maximum absolute atomic E-state index is 10.8. The van der Waals surface area contributed by atoms with E-state index in [4.69, 9.17) is 9.52 Å². The number of aromatic nitrogens is 1. The Bertz CT molecular complexity index is 683. The number of benzene rings is 1. The third kappa shape index (κ3) is 4.96. The van der Waals surface area contributed by atoms with Gasteiger partial charge in [-0.3, -0.25) is 0 Å². The molecule has 24 heavy (non-hydrogen) atoms. The highest BCUT2D eigenvalue weighted by Crippen LogP contribution is 2.21. The first-order chi connectivity index (χ1) is 11.5. The van der Waals surface area contributed by atoms with Gasteiger partial charge in [0.05, 0.1) is 12.1 Å². The highest BCUT2D eigenvalue weighted by Gasteiger charge is 2.25. The normalized spacial score (nSPS) is 13.8. The van der Waals surface area contributed by atoms with Gasteiger partial charge in [0.25, 0.3) is 0 Å². The van der Waals surface area contributed by atoms with Crippen LogP contribution in [0.4, 0.5) is 4.79 Å². The Morgan fingerprint density at radius 1 is 1.33 bits per heavy atom. The molecule has 0 aliphatic heterocycles. The number of aryl methyl sites for hydroxylation is 2. The second-order valence-electron chi connectivity index (χ2n) is 6.52. The predicted molar refractivity (Wildman–Crippen MR) is 92.2 cm³/mol. The van der Waals surface area contributed by atoms with Crippen molar-refractivity contribution < 1.29 is 19.4 Å². The molecule has 0 saturated heterocycles. The van der Waals surface area contributed by atoms with Crippen molar-refractivity contribution in [1.29, 1.82) is 0 Å². The van der Waals surface area contributed by atoms with E-state index in [1.807, 2.05) is 18.2 Å². The summed E-state index contributed by atoms with van der Waals surface area (Å²) in [5.41, 5.74) is 1.80. The fourth-order valence-corrected chi connectivity index (χ4v) is 2.67. The molecule has 1 unspecified atom stereocenters. The van der Waals surface area contributed by atoms with Crippen LogP contribution in [-0.4, -0.2) is 33.4 Å². The molecule has 1 aromatic carbocycles. The van der Waals surface area contributed by atoms with Gasteiger partial charge in [-0.2, -0.15) is 0 Å². The molecule has 132 valence electrons. The number of oxazole rings is 1. The predicted octanol–water partition coefficient (Wildman–Crippen LogP) is 3.51. The van der Waals surface area contributed by atoms with Gasteiger partial charge in [0, 0.05) is 6.42 Å². The highest BCUT2D eigenvalue weighted by molar-refractivity contribution is 5.73. The summed E-state index contributed by atoms with van der Waals surface area (Å²) in [6.45, 7) is 3.62. The van der Waals surface area contributed by atoms with Crippen molar-refractivity contribution in [2.75, 3.05) is 6.61 Å². The number of hydrogen-bond donors (Lipinski definition) is 3. The van der Waals surface area contributed by atoms with Gasteiger partial charge < -0.3 is 19.9 Å². The molecular weight excluding hydrogens is 308 g/mol. The van der Waals surface area contributed by atoms with Gasteiger partial charge in [-0.05, 0) is 43.9 Å². The highest BCUT2D eigenvalue weighted by atomic mass is 16.4. The van der Waals surface area contributed by atoms with Crippen molar-refractivity contribution in [3.63, 3.8) is 0 Å². The zero-order valence-electron chi connectivity index (χ0n) is 14.3. The lowest BCUT2D eigenvalue weighted by Crippen LogP contribution is -2.48. The third-order valence-corrected chi connectivity index (χ3v) is 4.21. The SMILES string of the molecule is CCCCCc1nc2cc(CCC(C)(CO)NC(=O)O)ccc2o1. The molecule has 0 bridgehead atoms. The molecule has 6 heteroatoms. The molecule has 1 atom stereocenters. The summed E-state index contributed by atoms with van der Waals surface area (Å²) in [5, 5.41) is 20.7. The van der Waals surface area contributed by atoms with Crippen LogP contribution in [0.1, 0.15) is 51.0 Å². The molecule has 0 aliphatic rings. The molecule has 1 amide bonds. The maximum Gasteiger partial charge on any atom is 0.405 e. The first-order valence-electron chi connectivity index (χ1n) is 8.46. The van der Waals surface area contributed by atoms with Crippen LogP contribution in [0.5, 0.6) is 0 Å². The average molecular weight is 334 g/mol. The van der Waals surface area contributed by atoms with Crippen molar-refractivity contribution in [3.8, 4) is 0 Å². The molecule has 1 heterocycles. The zero-order chi connectivity index (χ0) is 17.6. The van der Waals surface area contributed by atoms with E-state index >= 15 is 0 Å². The van der Waals surface area contributed by atoms with Crippen molar-refractivity contribution in [3.05, 3.63) is 29.7 Å². The fourth-order valence-electron chi connectivity index (χ4n) is 2.67. The lowest BCUT2D eigenvalue weighted by atomic mass is 9.94. The largest absolute Gasteiger partial charge is 0.465 e. The Labute approximate surface area is 141 Å². The Kier molecular flexibility index (Phi) is 6.20. The number of nitrogens with zero attached hydrogens (tertiary/aromatic N) is 1. The van der Waals surface area contributed by atoms with Crippen LogP contribution in [0.3, 0.4) is 0 Å². The molecule has 0 aliphatic carbocycles. The molecule has 0 spiro atoms. The minimum absolute atomic E-state index is 0.243. The van der Waals surface area contributed by atoms with Crippen LogP contribution in [-0.2, 0) is 12.8 Å². The number of rotatable bonds is 9. The van der Waals surface area contributed by atoms with E-state index in [0.717, 1.165) is 35.4 Å². The van der Waals surface area contributed by atoms with Gasteiger partial charge in [0.1, 0.15) is 5.52 Å². The molecule has 2 aromatic rings. The summed E-state index contributed by atoms with van der Waals surface area (Å²) >= 11 is 0. The van der Waals surface area contributed by atoms with Gasteiger partial charge in [-0.1, -0.05) is 25.8 Å². The van der Waals surface area contributed by atoms with E-state index in [1.165, 1.54) is 12.8 Å². The van der Waals surface area contributed by atoms with Crippen LogP contribution in [0.2, 0.25) is 0 Å². The van der Waals surface area contributed by atoms with E-state index in [9.17, 15) is 9.90 Å². The topological polar surface area (TPSA) is 95.6 Å². The Morgan fingerprint density at radius 2 is 2.12 bits per heavy atom. The fraction of sp³-hybridized carbons (Fsp3) is 0.556. The van der Waals surface area contributed by atoms with Gasteiger partial charge in [-0.25, -0.2) is 9.78 Å².